The SMILES string of the molecule is CC(C)(C)OC(=O)N1CCCC(CNC(=O)c2sccc2-c2ccccc2)C1. The van der Waals surface area contributed by atoms with Gasteiger partial charge in [-0.1, -0.05) is 30.3 Å². The maximum Gasteiger partial charge on any atom is 0.410 e. The van der Waals surface area contributed by atoms with Crippen molar-refractivity contribution in [2.24, 2.45) is 5.92 Å². The van der Waals surface area contributed by atoms with Crippen LogP contribution < -0.4 is 5.32 Å². The molecule has 150 valence electrons. The number of hydrogen-bond donors (Lipinski definition) is 1. The molecule has 1 atom stereocenters. The summed E-state index contributed by atoms with van der Waals surface area (Å²) >= 11 is 1.45. The first-order chi connectivity index (χ1) is 13.3. The van der Waals surface area contributed by atoms with Crippen molar-refractivity contribution in [3.05, 3.63) is 46.7 Å². The zero-order valence-corrected chi connectivity index (χ0v) is 17.6. The summed E-state index contributed by atoms with van der Waals surface area (Å²) in [7, 11) is 0. The second-order valence-corrected chi connectivity index (χ2v) is 9.09. The Morgan fingerprint density at radius 3 is 2.68 bits per heavy atom. The summed E-state index contributed by atoms with van der Waals surface area (Å²) in [6.07, 6.45) is 1.65. The van der Waals surface area contributed by atoms with Gasteiger partial charge in [-0.05, 0) is 56.5 Å². The average molecular weight is 401 g/mol. The second kappa shape index (κ2) is 8.78. The fourth-order valence-corrected chi connectivity index (χ4v) is 4.20. The van der Waals surface area contributed by atoms with E-state index in [-0.39, 0.29) is 17.9 Å². The first-order valence-corrected chi connectivity index (χ1v) is 10.6. The van der Waals surface area contributed by atoms with Crippen LogP contribution in [-0.2, 0) is 4.74 Å². The smallest absolute Gasteiger partial charge is 0.410 e. The van der Waals surface area contributed by atoms with Gasteiger partial charge in [0.25, 0.3) is 5.91 Å². The molecule has 2 aromatic rings. The Morgan fingerprint density at radius 2 is 1.96 bits per heavy atom. The second-order valence-electron chi connectivity index (χ2n) is 8.17. The molecule has 2 heterocycles. The van der Waals surface area contributed by atoms with Crippen molar-refractivity contribution in [1.82, 2.24) is 10.2 Å². The van der Waals surface area contributed by atoms with E-state index >= 15 is 0 Å². The summed E-state index contributed by atoms with van der Waals surface area (Å²) in [5.41, 5.74) is 1.51. The molecule has 3 rings (SSSR count). The zero-order valence-electron chi connectivity index (χ0n) is 16.7. The minimum atomic E-state index is -0.495. The van der Waals surface area contributed by atoms with Crippen LogP contribution in [-0.4, -0.2) is 42.1 Å². The third-order valence-electron chi connectivity index (χ3n) is 4.68. The molecule has 0 bridgehead atoms. The quantitative estimate of drug-likeness (QED) is 0.803. The zero-order chi connectivity index (χ0) is 20.1. The van der Waals surface area contributed by atoms with Gasteiger partial charge in [-0.3, -0.25) is 4.79 Å². The van der Waals surface area contributed by atoms with Gasteiger partial charge < -0.3 is 15.0 Å². The van der Waals surface area contributed by atoms with Crippen LogP contribution in [0.2, 0.25) is 0 Å². The minimum absolute atomic E-state index is 0.0526. The van der Waals surface area contributed by atoms with Gasteiger partial charge >= 0.3 is 6.09 Å². The van der Waals surface area contributed by atoms with E-state index in [1.165, 1.54) is 11.3 Å². The topological polar surface area (TPSA) is 58.6 Å². The molecule has 1 aromatic heterocycles. The lowest BCUT2D eigenvalue weighted by Crippen LogP contribution is -2.45. The lowest BCUT2D eigenvalue weighted by atomic mass is 9.98. The van der Waals surface area contributed by atoms with Crippen LogP contribution in [0.3, 0.4) is 0 Å². The van der Waals surface area contributed by atoms with E-state index in [0.29, 0.717) is 19.6 Å². The highest BCUT2D eigenvalue weighted by Gasteiger charge is 2.28. The molecule has 1 aromatic carbocycles. The van der Waals surface area contributed by atoms with E-state index in [4.69, 9.17) is 4.74 Å². The van der Waals surface area contributed by atoms with Crippen LogP contribution in [0.15, 0.2) is 41.8 Å². The number of ether oxygens (including phenoxy) is 1. The van der Waals surface area contributed by atoms with Crippen molar-refractivity contribution in [3.63, 3.8) is 0 Å². The number of thiophene rings is 1. The number of hydrogen-bond acceptors (Lipinski definition) is 4. The highest BCUT2D eigenvalue weighted by atomic mass is 32.1. The predicted octanol–water partition coefficient (Wildman–Crippen LogP) is 4.79. The number of piperidine rings is 1. The Hall–Kier alpha value is -2.34. The van der Waals surface area contributed by atoms with Gasteiger partial charge in [-0.2, -0.15) is 0 Å². The highest BCUT2D eigenvalue weighted by molar-refractivity contribution is 7.12. The van der Waals surface area contributed by atoms with E-state index < -0.39 is 5.60 Å². The fraction of sp³-hybridized carbons (Fsp3) is 0.455. The molecule has 1 N–H and O–H groups in total. The van der Waals surface area contributed by atoms with Crippen molar-refractivity contribution >= 4 is 23.3 Å². The Balaban J connectivity index is 1.57. The molecule has 28 heavy (non-hydrogen) atoms. The van der Waals surface area contributed by atoms with Gasteiger partial charge in [-0.25, -0.2) is 4.79 Å². The Bertz CT molecular complexity index is 811. The summed E-state index contributed by atoms with van der Waals surface area (Å²) in [6.45, 7) is 7.51. The fourth-order valence-electron chi connectivity index (χ4n) is 3.37. The number of carbonyl (C=O) groups excluding carboxylic acids is 2. The highest BCUT2D eigenvalue weighted by Crippen LogP contribution is 2.28. The maximum atomic E-state index is 12.7. The van der Waals surface area contributed by atoms with Crippen molar-refractivity contribution in [3.8, 4) is 11.1 Å². The Labute approximate surface area is 170 Å². The molecule has 6 heteroatoms. The normalized spacial score (nSPS) is 17.2. The number of amides is 2. The largest absolute Gasteiger partial charge is 0.444 e. The van der Waals surface area contributed by atoms with Gasteiger partial charge in [-0.15, -0.1) is 11.3 Å². The lowest BCUT2D eigenvalue weighted by molar-refractivity contribution is 0.0167. The van der Waals surface area contributed by atoms with E-state index in [1.54, 1.807) is 4.90 Å². The minimum Gasteiger partial charge on any atom is -0.444 e. The van der Waals surface area contributed by atoms with Crippen LogP contribution in [0.25, 0.3) is 11.1 Å². The molecule has 1 fully saturated rings. The molecular weight excluding hydrogens is 372 g/mol. The molecular formula is C22H28N2O3S. The number of carbonyl (C=O) groups is 2. The molecule has 1 unspecified atom stereocenters. The number of rotatable bonds is 4. The number of nitrogens with one attached hydrogen (secondary N) is 1. The first kappa shape index (κ1) is 20.4. The van der Waals surface area contributed by atoms with Gasteiger partial charge in [0.2, 0.25) is 0 Å². The Kier molecular flexibility index (Phi) is 6.39. The van der Waals surface area contributed by atoms with Crippen LogP contribution in [0.5, 0.6) is 0 Å². The number of benzene rings is 1. The summed E-state index contributed by atoms with van der Waals surface area (Å²) < 4.78 is 5.48. The van der Waals surface area contributed by atoms with E-state index in [9.17, 15) is 9.59 Å². The summed E-state index contributed by atoms with van der Waals surface area (Å²) in [5, 5.41) is 5.01. The van der Waals surface area contributed by atoms with Gasteiger partial charge in [0.15, 0.2) is 0 Å². The Morgan fingerprint density at radius 1 is 1.21 bits per heavy atom. The standard InChI is InChI=1S/C22H28N2O3S/c1-22(2,3)27-21(26)24-12-7-8-16(15-24)14-23-20(25)19-18(11-13-28-19)17-9-5-4-6-10-17/h4-6,9-11,13,16H,7-8,12,14-15H2,1-3H3,(H,23,25). The molecule has 5 nitrogen and oxygen atoms in total. The van der Waals surface area contributed by atoms with Crippen LogP contribution >= 0.6 is 11.3 Å². The molecule has 2 amide bonds. The lowest BCUT2D eigenvalue weighted by Gasteiger charge is -2.34. The van der Waals surface area contributed by atoms with Crippen LogP contribution in [0, 0.1) is 5.92 Å². The molecule has 0 aliphatic carbocycles. The van der Waals surface area contributed by atoms with Crippen molar-refractivity contribution < 1.29 is 14.3 Å². The van der Waals surface area contributed by atoms with E-state index in [1.807, 2.05) is 62.5 Å². The van der Waals surface area contributed by atoms with E-state index in [0.717, 1.165) is 28.8 Å². The third-order valence-corrected chi connectivity index (χ3v) is 5.59. The average Bonchev–Trinajstić information content (AvgIpc) is 3.16. The van der Waals surface area contributed by atoms with E-state index in [2.05, 4.69) is 5.32 Å². The molecule has 1 saturated heterocycles. The maximum absolute atomic E-state index is 12.7. The summed E-state index contributed by atoms with van der Waals surface area (Å²) in [4.78, 5) is 27.5. The third kappa shape index (κ3) is 5.35. The van der Waals surface area contributed by atoms with Crippen molar-refractivity contribution in [2.75, 3.05) is 19.6 Å². The number of likely N-dealkylation sites (tertiary alicyclic amines) is 1. The molecule has 0 radical (unpaired) electrons. The van der Waals surface area contributed by atoms with Crippen LogP contribution in [0.1, 0.15) is 43.3 Å². The predicted molar refractivity (Wildman–Crippen MR) is 113 cm³/mol. The monoisotopic (exact) mass is 400 g/mol. The van der Waals surface area contributed by atoms with Gasteiger partial charge in [0, 0.05) is 25.2 Å². The molecule has 1 aliphatic heterocycles. The van der Waals surface area contributed by atoms with Gasteiger partial charge in [0.1, 0.15) is 5.60 Å². The molecule has 0 saturated carbocycles. The van der Waals surface area contributed by atoms with Crippen LogP contribution in [0.4, 0.5) is 4.79 Å². The van der Waals surface area contributed by atoms with Gasteiger partial charge in [0.05, 0.1) is 4.88 Å². The number of nitrogens with zero attached hydrogens (tertiary/aromatic N) is 1. The molecule has 0 spiro atoms. The summed E-state index contributed by atoms with van der Waals surface area (Å²) in [5.74, 6) is 0.189. The van der Waals surface area contributed by atoms with Crippen molar-refractivity contribution in [1.29, 1.82) is 0 Å². The molecule has 1 aliphatic rings. The first-order valence-electron chi connectivity index (χ1n) is 9.72. The van der Waals surface area contributed by atoms with Crippen molar-refractivity contribution in [2.45, 2.75) is 39.2 Å². The summed E-state index contributed by atoms with van der Waals surface area (Å²) in [6, 6.07) is 11.9.